The van der Waals surface area contributed by atoms with E-state index < -0.39 is 0 Å². The first-order valence-electron chi connectivity index (χ1n) is 7.08. The fourth-order valence-corrected chi connectivity index (χ4v) is 1.88. The van der Waals surface area contributed by atoms with E-state index in [1.807, 2.05) is 6.07 Å². The van der Waals surface area contributed by atoms with Gasteiger partial charge in [0.15, 0.2) is 0 Å². The highest BCUT2D eigenvalue weighted by Gasteiger charge is 2.12. The molecule has 0 saturated heterocycles. The predicted octanol–water partition coefficient (Wildman–Crippen LogP) is 2.93. The standard InChI is InChI=1S/C16H27NO3/c1-13(2)16(12-19-4)17-15-7-5-6-14(10-15)11-20-9-8-18-3/h5-7,10,13,16-17H,8-9,11-12H2,1-4H3. The number of anilines is 1. The Hall–Kier alpha value is -1.10. The largest absolute Gasteiger partial charge is 0.383 e. The molecule has 1 aromatic carbocycles. The summed E-state index contributed by atoms with van der Waals surface area (Å²) in [5.74, 6) is 0.511. The van der Waals surface area contributed by atoms with Gasteiger partial charge in [-0.3, -0.25) is 0 Å². The average molecular weight is 281 g/mol. The zero-order valence-electron chi connectivity index (χ0n) is 13.0. The molecule has 1 unspecified atom stereocenters. The van der Waals surface area contributed by atoms with Crippen LogP contribution in [0.5, 0.6) is 0 Å². The van der Waals surface area contributed by atoms with Gasteiger partial charge in [0.2, 0.25) is 0 Å². The summed E-state index contributed by atoms with van der Waals surface area (Å²) in [5.41, 5.74) is 2.26. The van der Waals surface area contributed by atoms with Crippen molar-refractivity contribution in [3.63, 3.8) is 0 Å². The number of hydrogen-bond acceptors (Lipinski definition) is 4. The van der Waals surface area contributed by atoms with Gasteiger partial charge in [-0.15, -0.1) is 0 Å². The van der Waals surface area contributed by atoms with E-state index in [9.17, 15) is 0 Å². The smallest absolute Gasteiger partial charge is 0.0718 e. The molecule has 4 heteroatoms. The molecule has 0 aliphatic heterocycles. The van der Waals surface area contributed by atoms with E-state index in [2.05, 4.69) is 37.4 Å². The highest BCUT2D eigenvalue weighted by molar-refractivity contribution is 5.46. The summed E-state index contributed by atoms with van der Waals surface area (Å²) in [4.78, 5) is 0. The summed E-state index contributed by atoms with van der Waals surface area (Å²) in [6.45, 7) is 6.93. The van der Waals surface area contributed by atoms with Crippen LogP contribution >= 0.6 is 0 Å². The number of rotatable bonds is 10. The zero-order valence-corrected chi connectivity index (χ0v) is 13.0. The van der Waals surface area contributed by atoms with Gasteiger partial charge in [0.1, 0.15) is 0 Å². The van der Waals surface area contributed by atoms with Crippen molar-refractivity contribution in [1.82, 2.24) is 0 Å². The average Bonchev–Trinajstić information content (AvgIpc) is 2.43. The third kappa shape index (κ3) is 6.37. The second-order valence-corrected chi connectivity index (χ2v) is 5.20. The van der Waals surface area contributed by atoms with E-state index in [-0.39, 0.29) is 0 Å². The van der Waals surface area contributed by atoms with Crippen LogP contribution in [-0.4, -0.2) is 40.1 Å². The van der Waals surface area contributed by atoms with Gasteiger partial charge in [0.25, 0.3) is 0 Å². The van der Waals surface area contributed by atoms with Crippen molar-refractivity contribution in [3.05, 3.63) is 29.8 Å². The Labute approximate surface area is 122 Å². The van der Waals surface area contributed by atoms with Crippen LogP contribution in [0.25, 0.3) is 0 Å². The van der Waals surface area contributed by atoms with Gasteiger partial charge in [-0.25, -0.2) is 0 Å². The Morgan fingerprint density at radius 1 is 1.10 bits per heavy atom. The van der Waals surface area contributed by atoms with Crippen LogP contribution in [-0.2, 0) is 20.8 Å². The number of ether oxygens (including phenoxy) is 3. The maximum atomic E-state index is 5.54. The van der Waals surface area contributed by atoms with Crippen molar-refractivity contribution in [2.24, 2.45) is 5.92 Å². The van der Waals surface area contributed by atoms with E-state index in [1.165, 1.54) is 0 Å². The van der Waals surface area contributed by atoms with Crippen molar-refractivity contribution in [3.8, 4) is 0 Å². The lowest BCUT2D eigenvalue weighted by atomic mass is 10.0. The topological polar surface area (TPSA) is 39.7 Å². The lowest BCUT2D eigenvalue weighted by molar-refractivity contribution is 0.0617. The first-order chi connectivity index (χ1) is 9.67. The van der Waals surface area contributed by atoms with Crippen molar-refractivity contribution in [2.75, 3.05) is 39.4 Å². The summed E-state index contributed by atoms with van der Waals surface area (Å²) in [5, 5.41) is 3.52. The maximum Gasteiger partial charge on any atom is 0.0718 e. The molecule has 1 aromatic rings. The summed E-state index contributed by atoms with van der Waals surface area (Å²) in [6, 6.07) is 8.62. The number of methoxy groups -OCH3 is 2. The quantitative estimate of drug-likeness (QED) is 0.669. The summed E-state index contributed by atoms with van der Waals surface area (Å²) >= 11 is 0. The fraction of sp³-hybridized carbons (Fsp3) is 0.625. The molecule has 0 aliphatic rings. The minimum absolute atomic E-state index is 0.310. The molecule has 0 aromatic heterocycles. The second kappa shape index (κ2) is 9.75. The van der Waals surface area contributed by atoms with Crippen LogP contribution in [0.15, 0.2) is 24.3 Å². The first kappa shape index (κ1) is 17.0. The number of benzene rings is 1. The fourth-order valence-electron chi connectivity index (χ4n) is 1.88. The van der Waals surface area contributed by atoms with Gasteiger partial charge >= 0.3 is 0 Å². The van der Waals surface area contributed by atoms with Crippen LogP contribution in [0.3, 0.4) is 0 Å². The van der Waals surface area contributed by atoms with Gasteiger partial charge in [-0.2, -0.15) is 0 Å². The Morgan fingerprint density at radius 2 is 1.90 bits per heavy atom. The highest BCUT2D eigenvalue weighted by atomic mass is 16.5. The number of hydrogen-bond donors (Lipinski definition) is 1. The third-order valence-electron chi connectivity index (χ3n) is 3.13. The van der Waals surface area contributed by atoms with Gasteiger partial charge < -0.3 is 19.5 Å². The Kier molecular flexibility index (Phi) is 8.26. The van der Waals surface area contributed by atoms with E-state index in [0.29, 0.717) is 38.4 Å². The van der Waals surface area contributed by atoms with E-state index in [1.54, 1.807) is 14.2 Å². The first-order valence-corrected chi connectivity index (χ1v) is 7.08. The van der Waals surface area contributed by atoms with Gasteiger partial charge in [-0.05, 0) is 23.6 Å². The Balaban J connectivity index is 2.53. The monoisotopic (exact) mass is 281 g/mol. The van der Waals surface area contributed by atoms with E-state index >= 15 is 0 Å². The molecule has 1 atom stereocenters. The molecule has 0 fully saturated rings. The zero-order chi connectivity index (χ0) is 14.8. The summed E-state index contributed by atoms with van der Waals surface area (Å²) < 4.78 is 15.8. The van der Waals surface area contributed by atoms with Crippen molar-refractivity contribution < 1.29 is 14.2 Å². The molecule has 1 rings (SSSR count). The summed E-state index contributed by atoms with van der Waals surface area (Å²) in [7, 11) is 3.41. The molecular formula is C16H27NO3. The minimum Gasteiger partial charge on any atom is -0.383 e. The molecular weight excluding hydrogens is 254 g/mol. The molecule has 4 nitrogen and oxygen atoms in total. The molecule has 1 N–H and O–H groups in total. The van der Waals surface area contributed by atoms with Gasteiger partial charge in [0.05, 0.1) is 32.5 Å². The van der Waals surface area contributed by atoms with Crippen molar-refractivity contribution >= 4 is 5.69 Å². The Morgan fingerprint density at radius 3 is 2.55 bits per heavy atom. The van der Waals surface area contributed by atoms with E-state index in [4.69, 9.17) is 14.2 Å². The molecule has 0 spiro atoms. The minimum atomic E-state index is 0.310. The lowest BCUT2D eigenvalue weighted by Crippen LogP contribution is -2.30. The number of nitrogens with one attached hydrogen (secondary N) is 1. The summed E-state index contributed by atoms with van der Waals surface area (Å²) in [6.07, 6.45) is 0. The SMILES string of the molecule is COCCOCc1cccc(NC(COC)C(C)C)c1. The van der Waals surface area contributed by atoms with Crippen LogP contribution in [0.1, 0.15) is 19.4 Å². The second-order valence-electron chi connectivity index (χ2n) is 5.20. The van der Waals surface area contributed by atoms with Crippen LogP contribution in [0.2, 0.25) is 0 Å². The molecule has 0 bridgehead atoms. The van der Waals surface area contributed by atoms with Crippen molar-refractivity contribution in [2.45, 2.75) is 26.5 Å². The Bertz CT molecular complexity index is 368. The normalized spacial score (nSPS) is 12.7. The molecule has 20 heavy (non-hydrogen) atoms. The third-order valence-corrected chi connectivity index (χ3v) is 3.13. The molecule has 0 radical (unpaired) electrons. The highest BCUT2D eigenvalue weighted by Crippen LogP contribution is 2.15. The van der Waals surface area contributed by atoms with E-state index in [0.717, 1.165) is 11.3 Å². The van der Waals surface area contributed by atoms with Crippen LogP contribution in [0.4, 0.5) is 5.69 Å². The molecule has 0 heterocycles. The molecule has 0 aliphatic carbocycles. The molecule has 0 amide bonds. The maximum absolute atomic E-state index is 5.54. The molecule has 0 saturated carbocycles. The molecule has 114 valence electrons. The van der Waals surface area contributed by atoms with Crippen molar-refractivity contribution in [1.29, 1.82) is 0 Å². The van der Waals surface area contributed by atoms with Crippen LogP contribution < -0.4 is 5.32 Å². The van der Waals surface area contributed by atoms with Crippen LogP contribution in [0, 0.1) is 5.92 Å². The lowest BCUT2D eigenvalue weighted by Gasteiger charge is -2.23. The van der Waals surface area contributed by atoms with Gasteiger partial charge in [-0.1, -0.05) is 26.0 Å². The predicted molar refractivity (Wildman–Crippen MR) is 82.1 cm³/mol. The van der Waals surface area contributed by atoms with Gasteiger partial charge in [0, 0.05) is 19.9 Å².